The number of hydrogen-bond donors (Lipinski definition) is 1. The highest BCUT2D eigenvalue weighted by Crippen LogP contribution is 2.54. The largest absolute Gasteiger partial charge is 0.476 e. The lowest BCUT2D eigenvalue weighted by atomic mass is 9.88. The Labute approximate surface area is 185 Å². The number of nitrogens with zero attached hydrogens (tertiary/aromatic N) is 3. The first kappa shape index (κ1) is 18.6. The van der Waals surface area contributed by atoms with E-state index in [0.29, 0.717) is 28.5 Å². The van der Waals surface area contributed by atoms with E-state index < -0.39 is 5.97 Å². The molecule has 2 aromatic carbocycles. The Morgan fingerprint density at radius 3 is 2.28 bits per heavy atom. The van der Waals surface area contributed by atoms with E-state index in [-0.39, 0.29) is 17.0 Å². The molecule has 2 aliphatic rings. The molecule has 0 saturated heterocycles. The van der Waals surface area contributed by atoms with Gasteiger partial charge in [-0.15, -0.1) is 0 Å². The molecule has 1 fully saturated rings. The zero-order valence-electron chi connectivity index (χ0n) is 15.1. The molecular formula is C21H15ClIN3O3. The number of carboxylic acids is 1. The standard InChI is InChI=1S/C21H15ClIN3O3/c22-12-1-5-15(6-2-12)26-18-16(17(24-26)20(28)29)21(9-10-21)11-25(19(18)27)14-7-3-13(23)4-8-14/h1-8H,9-11H2,(H,28,29). The summed E-state index contributed by atoms with van der Waals surface area (Å²) in [5.74, 6) is -1.36. The Balaban J connectivity index is 1.72. The smallest absolute Gasteiger partial charge is 0.356 e. The highest BCUT2D eigenvalue weighted by Gasteiger charge is 2.56. The van der Waals surface area contributed by atoms with E-state index in [1.54, 1.807) is 29.2 Å². The number of amides is 1. The molecule has 0 atom stereocenters. The van der Waals surface area contributed by atoms with Crippen molar-refractivity contribution in [2.24, 2.45) is 0 Å². The van der Waals surface area contributed by atoms with Crippen LogP contribution in [0.5, 0.6) is 0 Å². The monoisotopic (exact) mass is 519 g/mol. The summed E-state index contributed by atoms with van der Waals surface area (Å²) in [6.07, 6.45) is 1.67. The quantitative estimate of drug-likeness (QED) is 0.517. The van der Waals surface area contributed by atoms with E-state index in [9.17, 15) is 14.7 Å². The van der Waals surface area contributed by atoms with Crippen LogP contribution in [0, 0.1) is 3.57 Å². The molecule has 1 aliphatic carbocycles. The predicted molar refractivity (Wildman–Crippen MR) is 117 cm³/mol. The van der Waals surface area contributed by atoms with Crippen molar-refractivity contribution in [1.29, 1.82) is 0 Å². The van der Waals surface area contributed by atoms with Gasteiger partial charge in [0.25, 0.3) is 5.91 Å². The molecule has 0 bridgehead atoms. The number of aromatic nitrogens is 2. The van der Waals surface area contributed by atoms with Crippen LogP contribution in [0.2, 0.25) is 5.02 Å². The maximum Gasteiger partial charge on any atom is 0.356 e. The zero-order chi connectivity index (χ0) is 20.3. The van der Waals surface area contributed by atoms with Crippen LogP contribution in [0.1, 0.15) is 39.4 Å². The molecule has 146 valence electrons. The van der Waals surface area contributed by atoms with Gasteiger partial charge in [-0.1, -0.05) is 11.6 Å². The minimum absolute atomic E-state index is 0.0388. The SMILES string of the molecule is O=C(O)c1nn(-c2ccc(Cl)cc2)c2c1C1(CC1)CN(c1ccc(I)cc1)C2=O. The van der Waals surface area contributed by atoms with Gasteiger partial charge < -0.3 is 10.0 Å². The first-order valence-corrected chi connectivity index (χ1v) is 10.6. The number of rotatable bonds is 3. The van der Waals surface area contributed by atoms with E-state index in [1.807, 2.05) is 24.3 Å². The fraction of sp³-hybridized carbons (Fsp3) is 0.190. The highest BCUT2D eigenvalue weighted by atomic mass is 127. The maximum atomic E-state index is 13.6. The second kappa shape index (κ2) is 6.56. The summed E-state index contributed by atoms with van der Waals surface area (Å²) in [5.41, 5.74) is 1.89. The van der Waals surface area contributed by atoms with Crippen molar-refractivity contribution in [1.82, 2.24) is 9.78 Å². The summed E-state index contributed by atoms with van der Waals surface area (Å²) < 4.78 is 2.54. The van der Waals surface area contributed by atoms with Crippen molar-refractivity contribution in [2.45, 2.75) is 18.3 Å². The third-order valence-corrected chi connectivity index (χ3v) is 6.56. The summed E-state index contributed by atoms with van der Waals surface area (Å²) in [4.78, 5) is 27.3. The van der Waals surface area contributed by atoms with Crippen LogP contribution in [0.25, 0.3) is 5.69 Å². The normalized spacial score (nSPS) is 16.8. The van der Waals surface area contributed by atoms with Crippen LogP contribution in [0.3, 0.4) is 0 Å². The van der Waals surface area contributed by atoms with Crippen molar-refractivity contribution in [2.75, 3.05) is 11.4 Å². The number of anilines is 1. The van der Waals surface area contributed by atoms with Crippen LogP contribution < -0.4 is 4.90 Å². The summed E-state index contributed by atoms with van der Waals surface area (Å²) >= 11 is 8.22. The molecule has 1 spiro atoms. The number of fused-ring (bicyclic) bond motifs is 2. The van der Waals surface area contributed by atoms with Crippen molar-refractivity contribution in [3.8, 4) is 5.69 Å². The molecule has 1 amide bonds. The van der Waals surface area contributed by atoms with Gasteiger partial charge in [0, 0.05) is 31.8 Å². The lowest BCUT2D eigenvalue weighted by Gasteiger charge is -2.33. The molecule has 29 heavy (non-hydrogen) atoms. The van der Waals surface area contributed by atoms with Gasteiger partial charge in [0.05, 0.1) is 5.69 Å². The number of carbonyl (C=O) groups excluding carboxylic acids is 1. The molecule has 0 unspecified atom stereocenters. The lowest BCUT2D eigenvalue weighted by molar-refractivity contribution is 0.0688. The Morgan fingerprint density at radius 1 is 1.07 bits per heavy atom. The number of aromatic carboxylic acids is 1. The zero-order valence-corrected chi connectivity index (χ0v) is 18.0. The van der Waals surface area contributed by atoms with E-state index in [0.717, 1.165) is 22.1 Å². The Hall–Kier alpha value is -2.39. The number of carboxylic acid groups (broad SMARTS) is 1. The summed E-state index contributed by atoms with van der Waals surface area (Å²) in [5, 5.41) is 14.7. The molecule has 1 aliphatic heterocycles. The van der Waals surface area contributed by atoms with Crippen LogP contribution >= 0.6 is 34.2 Å². The van der Waals surface area contributed by atoms with Crippen LogP contribution in [-0.4, -0.2) is 33.3 Å². The van der Waals surface area contributed by atoms with Gasteiger partial charge in [-0.25, -0.2) is 9.48 Å². The molecule has 1 saturated carbocycles. The maximum absolute atomic E-state index is 13.6. The second-order valence-electron chi connectivity index (χ2n) is 7.41. The number of hydrogen-bond acceptors (Lipinski definition) is 3. The summed E-state index contributed by atoms with van der Waals surface area (Å²) in [6.45, 7) is 0.464. The average molecular weight is 520 g/mol. The number of halogens is 2. The van der Waals surface area contributed by atoms with Crippen molar-refractivity contribution >= 4 is 51.8 Å². The Morgan fingerprint density at radius 2 is 1.69 bits per heavy atom. The first-order valence-electron chi connectivity index (χ1n) is 9.10. The van der Waals surface area contributed by atoms with E-state index >= 15 is 0 Å². The molecular weight excluding hydrogens is 505 g/mol. The van der Waals surface area contributed by atoms with E-state index in [2.05, 4.69) is 27.7 Å². The fourth-order valence-corrected chi connectivity index (χ4v) is 4.49. The van der Waals surface area contributed by atoms with Crippen LogP contribution in [0.15, 0.2) is 48.5 Å². The summed E-state index contributed by atoms with van der Waals surface area (Å²) in [6, 6.07) is 14.6. The Kier molecular flexibility index (Phi) is 4.22. The number of carbonyl (C=O) groups is 2. The second-order valence-corrected chi connectivity index (χ2v) is 9.10. The third kappa shape index (κ3) is 2.95. The van der Waals surface area contributed by atoms with Crippen LogP contribution in [-0.2, 0) is 5.41 Å². The van der Waals surface area contributed by atoms with Crippen LogP contribution in [0.4, 0.5) is 5.69 Å². The Bertz CT molecular complexity index is 1150. The van der Waals surface area contributed by atoms with Gasteiger partial charge in [0.1, 0.15) is 5.69 Å². The van der Waals surface area contributed by atoms with Gasteiger partial charge in [0.2, 0.25) is 0 Å². The molecule has 8 heteroatoms. The lowest BCUT2D eigenvalue weighted by Crippen LogP contribution is -2.44. The highest BCUT2D eigenvalue weighted by molar-refractivity contribution is 14.1. The van der Waals surface area contributed by atoms with Gasteiger partial charge in [0.15, 0.2) is 5.69 Å². The minimum atomic E-state index is -1.12. The average Bonchev–Trinajstić information content (AvgIpc) is 3.34. The summed E-state index contributed by atoms with van der Waals surface area (Å²) in [7, 11) is 0. The van der Waals surface area contributed by atoms with E-state index in [4.69, 9.17) is 11.6 Å². The van der Waals surface area contributed by atoms with Crippen molar-refractivity contribution < 1.29 is 14.7 Å². The molecule has 5 rings (SSSR count). The molecule has 6 nitrogen and oxygen atoms in total. The molecule has 1 N–H and O–H groups in total. The topological polar surface area (TPSA) is 75.4 Å². The minimum Gasteiger partial charge on any atom is -0.476 e. The predicted octanol–water partition coefficient (Wildman–Crippen LogP) is 4.52. The third-order valence-electron chi connectivity index (χ3n) is 5.59. The molecule has 0 radical (unpaired) electrons. The first-order chi connectivity index (χ1) is 13.9. The van der Waals surface area contributed by atoms with Gasteiger partial charge in [-0.2, -0.15) is 5.10 Å². The molecule has 1 aromatic heterocycles. The van der Waals surface area contributed by atoms with Crippen molar-refractivity contribution in [3.63, 3.8) is 0 Å². The van der Waals surface area contributed by atoms with Gasteiger partial charge in [-0.05, 0) is 84.0 Å². The fourth-order valence-electron chi connectivity index (χ4n) is 4.01. The van der Waals surface area contributed by atoms with Gasteiger partial charge >= 0.3 is 5.97 Å². The van der Waals surface area contributed by atoms with E-state index in [1.165, 1.54) is 4.68 Å². The van der Waals surface area contributed by atoms with Crippen molar-refractivity contribution in [3.05, 3.63) is 74.1 Å². The molecule has 2 heterocycles. The van der Waals surface area contributed by atoms with Gasteiger partial charge in [-0.3, -0.25) is 4.79 Å². The number of benzene rings is 2. The molecule has 3 aromatic rings.